The van der Waals surface area contributed by atoms with Crippen LogP contribution >= 0.6 is 15.9 Å². The number of nitrogens with zero attached hydrogens (tertiary/aromatic N) is 1. The molecule has 136 valence electrons. The minimum atomic E-state index is -0.489. The Kier molecular flexibility index (Phi) is 4.53. The van der Waals surface area contributed by atoms with Crippen LogP contribution in [0.4, 0.5) is 15.8 Å². The van der Waals surface area contributed by atoms with Gasteiger partial charge in [0, 0.05) is 28.0 Å². The first-order valence-electron chi connectivity index (χ1n) is 8.26. The van der Waals surface area contributed by atoms with Crippen LogP contribution in [0.1, 0.15) is 26.3 Å². The molecule has 1 N–H and O–H groups in total. The standard InChI is InChI=1S/C20H14BrFN2O3/c21-15-7-14(8-16(22)10-15)19(25)23-17-1-2-18-12(9-17)3-5-24(18)20(26)13-4-6-27-11-13/h1-2,4,6-11H,3,5H2,(H,23,25). The molecule has 0 fully saturated rings. The number of fused-ring (bicyclic) bond motifs is 1. The molecule has 1 aromatic heterocycles. The third kappa shape index (κ3) is 3.50. The Morgan fingerprint density at radius 1 is 1.11 bits per heavy atom. The summed E-state index contributed by atoms with van der Waals surface area (Å²) in [5.41, 5.74) is 3.09. The summed E-state index contributed by atoms with van der Waals surface area (Å²) in [6, 6.07) is 11.0. The predicted molar refractivity (Wildman–Crippen MR) is 103 cm³/mol. The number of amides is 2. The van der Waals surface area contributed by atoms with Gasteiger partial charge in [0.15, 0.2) is 0 Å². The highest BCUT2D eigenvalue weighted by molar-refractivity contribution is 9.10. The minimum absolute atomic E-state index is 0.121. The molecule has 4 rings (SSSR count). The monoisotopic (exact) mass is 428 g/mol. The van der Waals surface area contributed by atoms with Gasteiger partial charge >= 0.3 is 0 Å². The van der Waals surface area contributed by atoms with Gasteiger partial charge in [-0.25, -0.2) is 4.39 Å². The van der Waals surface area contributed by atoms with Crippen molar-refractivity contribution in [2.75, 3.05) is 16.8 Å². The Balaban J connectivity index is 1.54. The summed E-state index contributed by atoms with van der Waals surface area (Å²) in [5.74, 6) is -1.01. The summed E-state index contributed by atoms with van der Waals surface area (Å²) in [5, 5.41) is 2.77. The van der Waals surface area contributed by atoms with Crippen molar-refractivity contribution in [3.63, 3.8) is 0 Å². The quantitative estimate of drug-likeness (QED) is 0.660. The number of benzene rings is 2. The third-order valence-electron chi connectivity index (χ3n) is 4.37. The molecule has 2 amide bonds. The van der Waals surface area contributed by atoms with E-state index in [9.17, 15) is 14.0 Å². The van der Waals surface area contributed by atoms with E-state index in [1.165, 1.54) is 24.7 Å². The van der Waals surface area contributed by atoms with Crippen molar-refractivity contribution in [2.24, 2.45) is 0 Å². The van der Waals surface area contributed by atoms with Gasteiger partial charge < -0.3 is 14.6 Å². The van der Waals surface area contributed by atoms with E-state index in [-0.39, 0.29) is 11.5 Å². The summed E-state index contributed by atoms with van der Waals surface area (Å²) >= 11 is 3.18. The van der Waals surface area contributed by atoms with Gasteiger partial charge in [0.05, 0.1) is 11.8 Å². The fourth-order valence-electron chi connectivity index (χ4n) is 3.12. The van der Waals surface area contributed by atoms with Gasteiger partial charge in [-0.3, -0.25) is 9.59 Å². The molecule has 1 aliphatic heterocycles. The Labute approximate surface area is 162 Å². The Bertz CT molecular complexity index is 1010. The van der Waals surface area contributed by atoms with Crippen LogP contribution in [0.3, 0.4) is 0 Å². The highest BCUT2D eigenvalue weighted by atomic mass is 79.9. The number of carbonyl (C=O) groups is 2. The van der Waals surface area contributed by atoms with Gasteiger partial charge in [-0.05, 0) is 54.4 Å². The van der Waals surface area contributed by atoms with Crippen molar-refractivity contribution in [3.05, 3.63) is 82.0 Å². The first-order valence-corrected chi connectivity index (χ1v) is 9.05. The smallest absolute Gasteiger partial charge is 0.261 e. The van der Waals surface area contributed by atoms with E-state index < -0.39 is 11.7 Å². The molecule has 1 aliphatic rings. The number of nitrogens with one attached hydrogen (secondary N) is 1. The van der Waals surface area contributed by atoms with E-state index in [1.54, 1.807) is 29.2 Å². The molecule has 7 heteroatoms. The molecule has 27 heavy (non-hydrogen) atoms. The van der Waals surface area contributed by atoms with Gasteiger partial charge in [-0.2, -0.15) is 0 Å². The normalized spacial score (nSPS) is 12.7. The number of hydrogen-bond acceptors (Lipinski definition) is 3. The highest BCUT2D eigenvalue weighted by Gasteiger charge is 2.26. The summed E-state index contributed by atoms with van der Waals surface area (Å²) in [4.78, 5) is 26.6. The van der Waals surface area contributed by atoms with Crippen LogP contribution in [0.2, 0.25) is 0 Å². The predicted octanol–water partition coefficient (Wildman–Crippen LogP) is 4.64. The second kappa shape index (κ2) is 7.00. The van der Waals surface area contributed by atoms with E-state index in [1.807, 2.05) is 6.07 Å². The number of hydrogen-bond donors (Lipinski definition) is 1. The largest absolute Gasteiger partial charge is 0.472 e. The van der Waals surface area contributed by atoms with Crippen LogP contribution < -0.4 is 10.2 Å². The maximum absolute atomic E-state index is 13.5. The van der Waals surface area contributed by atoms with Crippen LogP contribution in [0.15, 0.2) is 63.9 Å². The van der Waals surface area contributed by atoms with Gasteiger partial charge in [0.2, 0.25) is 0 Å². The molecular weight excluding hydrogens is 415 g/mol. The lowest BCUT2D eigenvalue weighted by Crippen LogP contribution is -2.28. The van der Waals surface area contributed by atoms with Crippen LogP contribution in [0, 0.1) is 5.82 Å². The van der Waals surface area contributed by atoms with Gasteiger partial charge in [0.1, 0.15) is 12.1 Å². The fourth-order valence-corrected chi connectivity index (χ4v) is 3.59. The lowest BCUT2D eigenvalue weighted by molar-refractivity contribution is 0.0987. The van der Waals surface area contributed by atoms with Crippen molar-refractivity contribution < 1.29 is 18.4 Å². The molecule has 3 aromatic rings. The molecule has 5 nitrogen and oxygen atoms in total. The summed E-state index contributed by atoms with van der Waals surface area (Å²) < 4.78 is 19.0. The first kappa shape index (κ1) is 17.5. The molecule has 2 heterocycles. The number of halogens is 2. The van der Waals surface area contributed by atoms with Crippen molar-refractivity contribution in [3.8, 4) is 0 Å². The van der Waals surface area contributed by atoms with Gasteiger partial charge in [0.25, 0.3) is 11.8 Å². The molecule has 2 aromatic carbocycles. The number of rotatable bonds is 3. The Morgan fingerprint density at radius 3 is 2.70 bits per heavy atom. The summed E-state index contributed by atoms with van der Waals surface area (Å²) in [6.07, 6.45) is 3.58. The third-order valence-corrected chi connectivity index (χ3v) is 4.83. The van der Waals surface area contributed by atoms with Crippen LogP contribution in [-0.2, 0) is 6.42 Å². The maximum atomic E-state index is 13.5. The lowest BCUT2D eigenvalue weighted by atomic mass is 10.1. The van der Waals surface area contributed by atoms with E-state index in [4.69, 9.17) is 4.42 Å². The van der Waals surface area contributed by atoms with Crippen LogP contribution in [0.25, 0.3) is 0 Å². The molecule has 0 bridgehead atoms. The Morgan fingerprint density at radius 2 is 1.96 bits per heavy atom. The zero-order valence-corrected chi connectivity index (χ0v) is 15.6. The minimum Gasteiger partial charge on any atom is -0.472 e. The summed E-state index contributed by atoms with van der Waals surface area (Å²) in [7, 11) is 0. The second-order valence-electron chi connectivity index (χ2n) is 6.17. The van der Waals surface area contributed by atoms with Crippen molar-refractivity contribution in [1.29, 1.82) is 0 Å². The number of anilines is 2. The zero-order chi connectivity index (χ0) is 19.0. The molecule has 0 saturated carbocycles. The van der Waals surface area contributed by atoms with E-state index in [2.05, 4.69) is 21.2 Å². The molecule has 0 atom stereocenters. The highest BCUT2D eigenvalue weighted by Crippen LogP contribution is 2.32. The van der Waals surface area contributed by atoms with Gasteiger partial charge in [-0.15, -0.1) is 0 Å². The van der Waals surface area contributed by atoms with E-state index >= 15 is 0 Å². The molecule has 0 unspecified atom stereocenters. The molecule has 0 radical (unpaired) electrons. The molecule has 0 saturated heterocycles. The summed E-state index contributed by atoms with van der Waals surface area (Å²) in [6.45, 7) is 0.563. The topological polar surface area (TPSA) is 62.6 Å². The number of furan rings is 1. The van der Waals surface area contributed by atoms with E-state index in [0.29, 0.717) is 28.7 Å². The maximum Gasteiger partial charge on any atom is 0.261 e. The zero-order valence-electron chi connectivity index (χ0n) is 14.0. The van der Waals surface area contributed by atoms with Gasteiger partial charge in [-0.1, -0.05) is 15.9 Å². The average molecular weight is 429 g/mol. The van der Waals surface area contributed by atoms with Crippen molar-refractivity contribution >= 4 is 39.1 Å². The fraction of sp³-hybridized carbons (Fsp3) is 0.100. The molecular formula is C20H14BrFN2O3. The second-order valence-corrected chi connectivity index (χ2v) is 7.09. The molecule has 0 spiro atoms. The first-order chi connectivity index (χ1) is 13.0. The molecule has 0 aliphatic carbocycles. The SMILES string of the molecule is O=C(Nc1ccc2c(c1)CCN2C(=O)c1ccoc1)c1cc(F)cc(Br)c1. The van der Waals surface area contributed by atoms with Crippen LogP contribution in [0.5, 0.6) is 0 Å². The Hall–Kier alpha value is -2.93. The van der Waals surface area contributed by atoms with Crippen LogP contribution in [-0.4, -0.2) is 18.4 Å². The van der Waals surface area contributed by atoms with E-state index in [0.717, 1.165) is 11.3 Å². The van der Waals surface area contributed by atoms with Crippen molar-refractivity contribution in [1.82, 2.24) is 0 Å². The van der Waals surface area contributed by atoms with Crippen molar-refractivity contribution in [2.45, 2.75) is 6.42 Å². The average Bonchev–Trinajstić information content (AvgIpc) is 3.30. The number of carbonyl (C=O) groups excluding carboxylic acids is 2. The lowest BCUT2D eigenvalue weighted by Gasteiger charge is -2.16.